The molecule has 1 unspecified atom stereocenters. The van der Waals surface area contributed by atoms with Crippen molar-refractivity contribution >= 4 is 12.0 Å². The van der Waals surface area contributed by atoms with Gasteiger partial charge in [0.1, 0.15) is 6.04 Å². The molecule has 0 bridgehead atoms. The van der Waals surface area contributed by atoms with Crippen molar-refractivity contribution in [1.29, 1.82) is 0 Å². The monoisotopic (exact) mass is 268 g/mol. The summed E-state index contributed by atoms with van der Waals surface area (Å²) < 4.78 is 4.81. The Bertz CT molecular complexity index is 473. The van der Waals surface area contributed by atoms with Gasteiger partial charge in [0.2, 0.25) is 5.89 Å². The van der Waals surface area contributed by atoms with E-state index in [1.807, 2.05) is 0 Å². The third-order valence-electron chi connectivity index (χ3n) is 2.99. The van der Waals surface area contributed by atoms with Crippen LogP contribution < -0.4 is 5.32 Å². The van der Waals surface area contributed by atoms with Gasteiger partial charge in [0.05, 0.1) is 0 Å². The molecule has 104 valence electrons. The smallest absolute Gasteiger partial charge is 0.326 e. The number of aliphatic carboxylic acids is 1. The zero-order valence-corrected chi connectivity index (χ0v) is 10.6. The fraction of sp³-hybridized carbons (Fsp3) is 0.636. The number of aryl methyl sites for hydroxylation is 1. The molecule has 1 fully saturated rings. The zero-order chi connectivity index (χ0) is 13.8. The molecule has 1 aromatic rings. The van der Waals surface area contributed by atoms with Gasteiger partial charge in [-0.2, -0.15) is 4.98 Å². The van der Waals surface area contributed by atoms with Gasteiger partial charge in [0.15, 0.2) is 5.82 Å². The average molecular weight is 268 g/mol. The Morgan fingerprint density at radius 3 is 3.00 bits per heavy atom. The SMILES string of the molecule is Cc1nc(CCNC(=O)N2CCCC2C(=O)O)no1. The van der Waals surface area contributed by atoms with Crippen molar-refractivity contribution in [3.8, 4) is 0 Å². The van der Waals surface area contributed by atoms with Crippen LogP contribution in [0.25, 0.3) is 0 Å². The lowest BCUT2D eigenvalue weighted by molar-refractivity contribution is -0.141. The summed E-state index contributed by atoms with van der Waals surface area (Å²) in [6.07, 6.45) is 1.68. The summed E-state index contributed by atoms with van der Waals surface area (Å²) in [7, 11) is 0. The molecule has 0 aromatic carbocycles. The highest BCUT2D eigenvalue weighted by Crippen LogP contribution is 2.17. The first-order chi connectivity index (χ1) is 9.08. The predicted octanol–water partition coefficient (Wildman–Crippen LogP) is 0.179. The maximum absolute atomic E-state index is 11.8. The van der Waals surface area contributed by atoms with Gasteiger partial charge in [-0.1, -0.05) is 5.16 Å². The molecule has 2 amide bonds. The molecule has 2 rings (SSSR count). The molecule has 19 heavy (non-hydrogen) atoms. The lowest BCUT2D eigenvalue weighted by Gasteiger charge is -2.21. The molecule has 0 radical (unpaired) electrons. The molecular formula is C11H16N4O4. The maximum Gasteiger partial charge on any atom is 0.326 e. The van der Waals surface area contributed by atoms with Crippen LogP contribution in [0, 0.1) is 6.92 Å². The van der Waals surface area contributed by atoms with Crippen LogP contribution in [0.3, 0.4) is 0 Å². The van der Waals surface area contributed by atoms with Crippen LogP contribution in [-0.4, -0.2) is 51.3 Å². The Morgan fingerprint density at radius 2 is 2.37 bits per heavy atom. The van der Waals surface area contributed by atoms with E-state index >= 15 is 0 Å². The molecule has 1 atom stereocenters. The molecule has 2 heterocycles. The highest BCUT2D eigenvalue weighted by atomic mass is 16.5. The van der Waals surface area contributed by atoms with Gasteiger partial charge < -0.3 is 19.8 Å². The fourth-order valence-corrected chi connectivity index (χ4v) is 2.09. The average Bonchev–Trinajstić information content (AvgIpc) is 2.97. The number of aromatic nitrogens is 2. The van der Waals surface area contributed by atoms with Crippen LogP contribution in [0.4, 0.5) is 4.79 Å². The zero-order valence-electron chi connectivity index (χ0n) is 10.6. The second-order valence-electron chi connectivity index (χ2n) is 4.40. The summed E-state index contributed by atoms with van der Waals surface area (Å²) in [5.74, 6) is 0.0438. The first kappa shape index (κ1) is 13.3. The van der Waals surface area contributed by atoms with E-state index in [4.69, 9.17) is 9.63 Å². The first-order valence-corrected chi connectivity index (χ1v) is 6.14. The van der Waals surface area contributed by atoms with E-state index in [-0.39, 0.29) is 6.03 Å². The van der Waals surface area contributed by atoms with E-state index in [0.29, 0.717) is 44.1 Å². The molecule has 0 spiro atoms. The summed E-state index contributed by atoms with van der Waals surface area (Å²) >= 11 is 0. The minimum absolute atomic E-state index is 0.348. The van der Waals surface area contributed by atoms with Crippen molar-refractivity contribution in [2.45, 2.75) is 32.2 Å². The second-order valence-corrected chi connectivity index (χ2v) is 4.40. The Morgan fingerprint density at radius 1 is 1.58 bits per heavy atom. The molecule has 2 N–H and O–H groups in total. The fourth-order valence-electron chi connectivity index (χ4n) is 2.09. The van der Waals surface area contributed by atoms with Crippen LogP contribution in [0.15, 0.2) is 4.52 Å². The molecule has 8 nitrogen and oxygen atoms in total. The number of nitrogens with zero attached hydrogens (tertiary/aromatic N) is 3. The van der Waals surface area contributed by atoms with Gasteiger partial charge >= 0.3 is 12.0 Å². The highest BCUT2D eigenvalue weighted by Gasteiger charge is 2.33. The van der Waals surface area contributed by atoms with Crippen LogP contribution in [0.1, 0.15) is 24.6 Å². The van der Waals surface area contributed by atoms with Crippen molar-refractivity contribution < 1.29 is 19.2 Å². The molecule has 1 aliphatic heterocycles. The van der Waals surface area contributed by atoms with Gasteiger partial charge in [0.25, 0.3) is 0 Å². The van der Waals surface area contributed by atoms with Crippen LogP contribution in [-0.2, 0) is 11.2 Å². The molecule has 1 aliphatic rings. The molecule has 0 aliphatic carbocycles. The largest absolute Gasteiger partial charge is 0.480 e. The van der Waals surface area contributed by atoms with Gasteiger partial charge in [0, 0.05) is 26.4 Å². The number of carboxylic acid groups (broad SMARTS) is 1. The van der Waals surface area contributed by atoms with E-state index in [1.165, 1.54) is 4.90 Å². The first-order valence-electron chi connectivity index (χ1n) is 6.14. The van der Waals surface area contributed by atoms with E-state index in [9.17, 15) is 9.59 Å². The molecule has 1 aromatic heterocycles. The Kier molecular flexibility index (Phi) is 3.98. The number of carbonyl (C=O) groups is 2. The third kappa shape index (κ3) is 3.21. The normalized spacial score (nSPS) is 18.6. The number of amides is 2. The lowest BCUT2D eigenvalue weighted by Crippen LogP contribution is -2.46. The third-order valence-corrected chi connectivity index (χ3v) is 2.99. The number of carbonyl (C=O) groups excluding carboxylic acids is 1. The second kappa shape index (κ2) is 5.68. The Hall–Kier alpha value is -2.12. The van der Waals surface area contributed by atoms with Gasteiger partial charge in [-0.15, -0.1) is 0 Å². The summed E-state index contributed by atoms with van der Waals surface area (Å²) in [5.41, 5.74) is 0. The van der Waals surface area contributed by atoms with Crippen molar-refractivity contribution in [2.24, 2.45) is 0 Å². The number of hydrogen-bond acceptors (Lipinski definition) is 5. The summed E-state index contributed by atoms with van der Waals surface area (Å²) in [5, 5.41) is 15.4. The van der Waals surface area contributed by atoms with E-state index < -0.39 is 12.0 Å². The van der Waals surface area contributed by atoms with Gasteiger partial charge in [-0.25, -0.2) is 9.59 Å². The Balaban J connectivity index is 1.79. The number of carboxylic acids is 1. The molecule has 1 saturated heterocycles. The summed E-state index contributed by atoms with van der Waals surface area (Å²) in [6.45, 7) is 2.52. The minimum Gasteiger partial charge on any atom is -0.480 e. The van der Waals surface area contributed by atoms with Gasteiger partial charge in [-0.05, 0) is 12.8 Å². The topological polar surface area (TPSA) is 109 Å². The quantitative estimate of drug-likeness (QED) is 0.806. The number of urea groups is 1. The van der Waals surface area contributed by atoms with E-state index in [0.717, 1.165) is 0 Å². The minimum atomic E-state index is -0.957. The number of nitrogens with one attached hydrogen (secondary N) is 1. The van der Waals surface area contributed by atoms with Crippen LogP contribution >= 0.6 is 0 Å². The lowest BCUT2D eigenvalue weighted by atomic mass is 10.2. The highest BCUT2D eigenvalue weighted by molar-refractivity contribution is 5.83. The van der Waals surface area contributed by atoms with Crippen molar-refractivity contribution in [1.82, 2.24) is 20.4 Å². The molecule has 8 heteroatoms. The van der Waals surface area contributed by atoms with Crippen molar-refractivity contribution in [2.75, 3.05) is 13.1 Å². The molecule has 0 saturated carbocycles. The van der Waals surface area contributed by atoms with Crippen molar-refractivity contribution in [3.63, 3.8) is 0 Å². The van der Waals surface area contributed by atoms with E-state index in [2.05, 4.69) is 15.5 Å². The number of likely N-dealkylation sites (tertiary alicyclic amines) is 1. The van der Waals surface area contributed by atoms with Crippen molar-refractivity contribution in [3.05, 3.63) is 11.7 Å². The van der Waals surface area contributed by atoms with Crippen LogP contribution in [0.5, 0.6) is 0 Å². The standard InChI is InChI=1S/C11H16N4O4/c1-7-13-9(14-19-7)4-5-12-11(18)15-6-2-3-8(15)10(16)17/h8H,2-6H2,1H3,(H,12,18)(H,16,17). The summed E-state index contributed by atoms with van der Waals surface area (Å²) in [4.78, 5) is 28.2. The maximum atomic E-state index is 11.8. The number of rotatable bonds is 4. The van der Waals surface area contributed by atoms with Crippen LogP contribution in [0.2, 0.25) is 0 Å². The van der Waals surface area contributed by atoms with Gasteiger partial charge in [-0.3, -0.25) is 0 Å². The Labute approximate surface area is 109 Å². The van der Waals surface area contributed by atoms with E-state index in [1.54, 1.807) is 6.92 Å². The number of hydrogen-bond donors (Lipinski definition) is 2. The molecular weight excluding hydrogens is 252 g/mol. The predicted molar refractivity (Wildman–Crippen MR) is 63.5 cm³/mol. The summed E-state index contributed by atoms with van der Waals surface area (Å²) in [6, 6.07) is -1.07.